The number of primary amides is 1. The van der Waals surface area contributed by atoms with E-state index in [0.29, 0.717) is 6.42 Å². The van der Waals surface area contributed by atoms with Gasteiger partial charge in [0.25, 0.3) is 0 Å². The van der Waals surface area contributed by atoms with E-state index in [9.17, 15) is 29.1 Å². The molecule has 0 aliphatic rings. The van der Waals surface area contributed by atoms with Gasteiger partial charge in [-0.25, -0.2) is 4.79 Å². The van der Waals surface area contributed by atoms with Crippen molar-refractivity contribution in [3.05, 3.63) is 0 Å². The molecule has 0 fully saturated rings. The maximum absolute atomic E-state index is 12.5. The normalized spacial score (nSPS) is 15.2. The Hall–Kier alpha value is -3.46. The van der Waals surface area contributed by atoms with Gasteiger partial charge in [0.05, 0.1) is 18.6 Å². The molecule has 0 saturated heterocycles. The molecule has 4 amide bonds. The molecule has 0 aromatic rings. The smallest absolute Gasteiger partial charge is 0.328 e. The van der Waals surface area contributed by atoms with Gasteiger partial charge in [0.1, 0.15) is 12.1 Å². The maximum atomic E-state index is 12.5. The Labute approximate surface area is 184 Å². The summed E-state index contributed by atoms with van der Waals surface area (Å²) in [7, 11) is 0. The predicted octanol–water partition coefficient (Wildman–Crippen LogP) is -4.82. The molecule has 0 aliphatic heterocycles. The van der Waals surface area contributed by atoms with Gasteiger partial charge in [0.15, 0.2) is 12.0 Å². The molecular formula is C17H32N8O7. The SMILES string of the molecule is CC(NC(=O)C(CC(N)=O)NC(=O)C(N)CCCN=C(N)N)C(=O)NC(C(=O)O)C(C)O. The summed E-state index contributed by atoms with van der Waals surface area (Å²) in [6, 6.07) is -5.31. The topological polar surface area (TPSA) is 278 Å². The Morgan fingerprint density at radius 3 is 2.00 bits per heavy atom. The van der Waals surface area contributed by atoms with E-state index in [4.69, 9.17) is 28.0 Å². The van der Waals surface area contributed by atoms with E-state index in [1.807, 2.05) is 0 Å². The van der Waals surface area contributed by atoms with Gasteiger partial charge in [-0.05, 0) is 26.7 Å². The number of amides is 4. The minimum Gasteiger partial charge on any atom is -0.480 e. The van der Waals surface area contributed by atoms with E-state index in [2.05, 4.69) is 20.9 Å². The Bertz CT molecular complexity index is 724. The van der Waals surface area contributed by atoms with Crippen LogP contribution in [0.1, 0.15) is 33.1 Å². The van der Waals surface area contributed by atoms with Crippen LogP contribution in [0.5, 0.6) is 0 Å². The van der Waals surface area contributed by atoms with Gasteiger partial charge in [-0.2, -0.15) is 0 Å². The molecule has 0 radical (unpaired) electrons. The number of aliphatic imine (C=N–C) groups is 1. The number of hydrogen-bond acceptors (Lipinski definition) is 8. The average Bonchev–Trinajstić information content (AvgIpc) is 2.67. The Balaban J connectivity index is 5.01. The van der Waals surface area contributed by atoms with E-state index in [1.54, 1.807) is 0 Å². The zero-order valence-corrected chi connectivity index (χ0v) is 17.9. The van der Waals surface area contributed by atoms with Crippen LogP contribution in [0.3, 0.4) is 0 Å². The first-order valence-electron chi connectivity index (χ1n) is 9.67. The number of carboxylic acids is 1. The molecule has 0 rings (SSSR count). The largest absolute Gasteiger partial charge is 0.480 e. The monoisotopic (exact) mass is 460 g/mol. The molecule has 0 bridgehead atoms. The van der Waals surface area contributed by atoms with Crippen LogP contribution in [-0.2, 0) is 24.0 Å². The lowest BCUT2D eigenvalue weighted by Gasteiger charge is -2.23. The molecule has 5 atom stereocenters. The minimum absolute atomic E-state index is 0.109. The highest BCUT2D eigenvalue weighted by Crippen LogP contribution is 2.00. The number of nitrogens with one attached hydrogen (secondary N) is 3. The number of hydrogen-bond donors (Lipinski definition) is 9. The Morgan fingerprint density at radius 1 is 0.938 bits per heavy atom. The van der Waals surface area contributed by atoms with E-state index < -0.39 is 66.3 Å². The molecule has 13 N–H and O–H groups in total. The fourth-order valence-electron chi connectivity index (χ4n) is 2.39. The molecule has 15 heteroatoms. The fraction of sp³-hybridized carbons (Fsp3) is 0.647. The summed E-state index contributed by atoms with van der Waals surface area (Å²) in [5, 5.41) is 25.0. The summed E-state index contributed by atoms with van der Waals surface area (Å²) in [6.45, 7) is 2.65. The number of aliphatic hydroxyl groups is 1. The fourth-order valence-corrected chi connectivity index (χ4v) is 2.39. The van der Waals surface area contributed by atoms with Crippen molar-refractivity contribution in [2.45, 2.75) is 63.4 Å². The Kier molecular flexibility index (Phi) is 12.3. The van der Waals surface area contributed by atoms with Crippen LogP contribution < -0.4 is 38.9 Å². The van der Waals surface area contributed by atoms with Crippen molar-refractivity contribution in [1.29, 1.82) is 0 Å². The summed E-state index contributed by atoms with van der Waals surface area (Å²) in [4.78, 5) is 63.0. The van der Waals surface area contributed by atoms with Gasteiger partial charge in [0, 0.05) is 6.54 Å². The van der Waals surface area contributed by atoms with E-state index in [-0.39, 0.29) is 18.9 Å². The number of nitrogens with two attached hydrogens (primary N) is 4. The first-order valence-corrected chi connectivity index (χ1v) is 9.67. The summed E-state index contributed by atoms with van der Waals surface area (Å²) < 4.78 is 0. The average molecular weight is 460 g/mol. The van der Waals surface area contributed by atoms with Crippen LogP contribution in [-0.4, -0.2) is 82.6 Å². The predicted molar refractivity (Wildman–Crippen MR) is 112 cm³/mol. The van der Waals surface area contributed by atoms with E-state index >= 15 is 0 Å². The first kappa shape index (κ1) is 28.5. The quantitative estimate of drug-likeness (QED) is 0.0677. The van der Waals surface area contributed by atoms with Crippen LogP contribution in [0.4, 0.5) is 0 Å². The molecule has 32 heavy (non-hydrogen) atoms. The second-order valence-corrected chi connectivity index (χ2v) is 7.08. The van der Waals surface area contributed by atoms with Crippen LogP contribution >= 0.6 is 0 Å². The number of aliphatic hydroxyl groups excluding tert-OH is 1. The van der Waals surface area contributed by atoms with Crippen LogP contribution in [0.25, 0.3) is 0 Å². The zero-order chi connectivity index (χ0) is 25.0. The molecule has 5 unspecified atom stereocenters. The summed E-state index contributed by atoms with van der Waals surface area (Å²) in [5.41, 5.74) is 21.3. The molecule has 15 nitrogen and oxygen atoms in total. The van der Waals surface area contributed by atoms with Crippen molar-refractivity contribution >= 4 is 35.6 Å². The third-order valence-corrected chi connectivity index (χ3v) is 4.14. The minimum atomic E-state index is -1.60. The third-order valence-electron chi connectivity index (χ3n) is 4.14. The molecule has 0 spiro atoms. The number of aliphatic carboxylic acids is 1. The lowest BCUT2D eigenvalue weighted by Crippen LogP contribution is -2.58. The van der Waals surface area contributed by atoms with Gasteiger partial charge >= 0.3 is 5.97 Å². The summed E-state index contributed by atoms with van der Waals surface area (Å²) >= 11 is 0. The van der Waals surface area contributed by atoms with E-state index in [0.717, 1.165) is 0 Å². The lowest BCUT2D eigenvalue weighted by molar-refractivity contribution is -0.145. The van der Waals surface area contributed by atoms with Crippen molar-refractivity contribution in [1.82, 2.24) is 16.0 Å². The summed E-state index contributed by atoms with van der Waals surface area (Å²) in [5.74, 6) is -5.05. The number of guanidine groups is 1. The van der Waals surface area contributed by atoms with Crippen molar-refractivity contribution in [2.24, 2.45) is 27.9 Å². The molecule has 0 aromatic heterocycles. The second kappa shape index (κ2) is 13.8. The molecule has 0 aliphatic carbocycles. The molecular weight excluding hydrogens is 428 g/mol. The molecule has 0 aromatic carbocycles. The maximum Gasteiger partial charge on any atom is 0.328 e. The van der Waals surface area contributed by atoms with Crippen molar-refractivity contribution in [3.63, 3.8) is 0 Å². The van der Waals surface area contributed by atoms with Gasteiger partial charge < -0.3 is 49.1 Å². The van der Waals surface area contributed by atoms with Crippen LogP contribution in [0.15, 0.2) is 4.99 Å². The number of nitrogens with zero attached hydrogens (tertiary/aromatic N) is 1. The highest BCUT2D eigenvalue weighted by molar-refractivity contribution is 5.96. The third kappa shape index (κ3) is 11.1. The number of carbonyl (C=O) groups is 5. The number of carbonyl (C=O) groups excluding carboxylic acids is 4. The highest BCUT2D eigenvalue weighted by atomic mass is 16.4. The highest BCUT2D eigenvalue weighted by Gasteiger charge is 2.30. The second-order valence-electron chi connectivity index (χ2n) is 7.08. The van der Waals surface area contributed by atoms with Gasteiger partial charge in [-0.15, -0.1) is 0 Å². The standard InChI is InChI=1S/C17H32N8O7/c1-7(13(28)25-12(8(2)26)16(31)32)23-15(30)10(6-11(19)27)24-14(29)9(18)4-3-5-22-17(20)21/h7-10,12,26H,3-6,18H2,1-2H3,(H2,19,27)(H,23,30)(H,24,29)(H,25,28)(H,31,32)(H4,20,21,22). The molecule has 0 heterocycles. The molecule has 0 saturated carbocycles. The van der Waals surface area contributed by atoms with Crippen LogP contribution in [0, 0.1) is 0 Å². The van der Waals surface area contributed by atoms with Gasteiger partial charge in [-0.1, -0.05) is 0 Å². The lowest BCUT2D eigenvalue weighted by atomic mass is 10.1. The van der Waals surface area contributed by atoms with Gasteiger partial charge in [0.2, 0.25) is 23.6 Å². The van der Waals surface area contributed by atoms with Crippen molar-refractivity contribution in [3.8, 4) is 0 Å². The van der Waals surface area contributed by atoms with Crippen molar-refractivity contribution in [2.75, 3.05) is 6.54 Å². The number of carboxylic acid groups (broad SMARTS) is 1. The van der Waals surface area contributed by atoms with Crippen LogP contribution in [0.2, 0.25) is 0 Å². The van der Waals surface area contributed by atoms with Gasteiger partial charge in [-0.3, -0.25) is 24.2 Å². The van der Waals surface area contributed by atoms with E-state index in [1.165, 1.54) is 13.8 Å². The zero-order valence-electron chi connectivity index (χ0n) is 17.9. The van der Waals surface area contributed by atoms with Crippen molar-refractivity contribution < 1.29 is 34.2 Å². The first-order chi connectivity index (χ1) is 14.8. The molecule has 182 valence electrons. The number of rotatable bonds is 14. The Morgan fingerprint density at radius 2 is 1.53 bits per heavy atom. The summed E-state index contributed by atoms with van der Waals surface area (Å²) in [6.07, 6.45) is -1.40.